The van der Waals surface area contributed by atoms with Crippen LogP contribution < -0.4 is 0 Å². The molecule has 0 spiro atoms. The average Bonchev–Trinajstić information content (AvgIpc) is 2.53. The Morgan fingerprint density at radius 3 is 1.48 bits per heavy atom. The summed E-state index contributed by atoms with van der Waals surface area (Å²) >= 11 is 0. The van der Waals surface area contributed by atoms with Crippen LogP contribution in [0.3, 0.4) is 0 Å². The van der Waals surface area contributed by atoms with Gasteiger partial charge in [0.1, 0.15) is 0 Å². The molecule has 0 radical (unpaired) electrons. The molecule has 0 aliphatic carbocycles. The zero-order valence-electron chi connectivity index (χ0n) is 15.5. The van der Waals surface area contributed by atoms with Gasteiger partial charge in [0.2, 0.25) is 0 Å². The van der Waals surface area contributed by atoms with Crippen molar-refractivity contribution in [2.24, 2.45) is 0 Å². The van der Waals surface area contributed by atoms with Gasteiger partial charge >= 0.3 is 5.97 Å². The van der Waals surface area contributed by atoms with Gasteiger partial charge in [0.25, 0.3) is 0 Å². The number of carboxylic acids is 1. The van der Waals surface area contributed by atoms with Crippen LogP contribution in [0.25, 0.3) is 0 Å². The quantitative estimate of drug-likeness (QED) is 0.212. The third kappa shape index (κ3) is 21.2. The predicted molar refractivity (Wildman–Crippen MR) is 101 cm³/mol. The van der Waals surface area contributed by atoms with Crippen LogP contribution in [0, 0.1) is 0 Å². The fraction of sp³-hybridized carbons (Fsp3) is 0.857. The van der Waals surface area contributed by atoms with Crippen molar-refractivity contribution in [1.29, 1.82) is 0 Å². The maximum absolute atomic E-state index is 10.4. The maximum atomic E-state index is 10.4. The van der Waals surface area contributed by atoms with Crippen LogP contribution in [0.5, 0.6) is 0 Å². The fourth-order valence-electron chi connectivity index (χ4n) is 2.88. The van der Waals surface area contributed by atoms with Crippen LogP contribution in [0.15, 0.2) is 12.2 Å². The monoisotopic (exact) mass is 324 g/mol. The van der Waals surface area contributed by atoms with Gasteiger partial charge < -0.3 is 5.11 Å². The Kier molecular flexibility index (Phi) is 18.6. The standard InChI is InChI=1S/C21H40O2/c1-2-3-4-5-6-7-8-9-10-11-12-13-14-15-16-17-18-19-20-21(22)23/h8-9H,2-7,10-20H2,1H3,(H,22,23)/b9-8-. The summed E-state index contributed by atoms with van der Waals surface area (Å²) in [5.41, 5.74) is 0. The molecule has 0 rings (SSSR count). The van der Waals surface area contributed by atoms with E-state index in [4.69, 9.17) is 5.11 Å². The maximum Gasteiger partial charge on any atom is 0.303 e. The summed E-state index contributed by atoms with van der Waals surface area (Å²) in [5.74, 6) is -0.657. The van der Waals surface area contributed by atoms with Crippen molar-refractivity contribution in [2.45, 2.75) is 116 Å². The zero-order chi connectivity index (χ0) is 17.0. The van der Waals surface area contributed by atoms with Gasteiger partial charge in [-0.15, -0.1) is 0 Å². The van der Waals surface area contributed by atoms with Crippen LogP contribution in [-0.2, 0) is 4.79 Å². The summed E-state index contributed by atoms with van der Waals surface area (Å²) < 4.78 is 0. The van der Waals surface area contributed by atoms with E-state index >= 15 is 0 Å². The second kappa shape index (κ2) is 19.3. The number of hydrogen-bond donors (Lipinski definition) is 1. The van der Waals surface area contributed by atoms with Crippen LogP contribution in [-0.4, -0.2) is 11.1 Å². The fourth-order valence-corrected chi connectivity index (χ4v) is 2.88. The van der Waals surface area contributed by atoms with Crippen molar-refractivity contribution in [3.63, 3.8) is 0 Å². The van der Waals surface area contributed by atoms with Gasteiger partial charge in [0, 0.05) is 6.42 Å². The van der Waals surface area contributed by atoms with Gasteiger partial charge in [0.05, 0.1) is 0 Å². The van der Waals surface area contributed by atoms with E-state index < -0.39 is 5.97 Å². The summed E-state index contributed by atoms with van der Waals surface area (Å²) in [5, 5.41) is 8.54. The Morgan fingerprint density at radius 2 is 1.04 bits per heavy atom. The Balaban J connectivity index is 3.06. The minimum Gasteiger partial charge on any atom is -0.481 e. The molecule has 0 atom stereocenters. The number of unbranched alkanes of at least 4 members (excludes halogenated alkanes) is 14. The van der Waals surface area contributed by atoms with Crippen molar-refractivity contribution in [3.8, 4) is 0 Å². The van der Waals surface area contributed by atoms with E-state index in [9.17, 15) is 4.79 Å². The summed E-state index contributed by atoms with van der Waals surface area (Å²) in [6, 6.07) is 0. The highest BCUT2D eigenvalue weighted by molar-refractivity contribution is 5.66. The van der Waals surface area contributed by atoms with Crippen LogP contribution in [0.1, 0.15) is 116 Å². The first-order chi connectivity index (χ1) is 11.3. The van der Waals surface area contributed by atoms with Crippen LogP contribution >= 0.6 is 0 Å². The van der Waals surface area contributed by atoms with Crippen molar-refractivity contribution in [3.05, 3.63) is 12.2 Å². The van der Waals surface area contributed by atoms with Gasteiger partial charge in [-0.3, -0.25) is 4.79 Å². The molecule has 136 valence electrons. The Morgan fingerprint density at radius 1 is 0.652 bits per heavy atom. The van der Waals surface area contributed by atoms with Crippen LogP contribution in [0.4, 0.5) is 0 Å². The van der Waals surface area contributed by atoms with Gasteiger partial charge in [-0.05, 0) is 32.1 Å². The lowest BCUT2D eigenvalue weighted by Crippen LogP contribution is -1.93. The topological polar surface area (TPSA) is 37.3 Å². The molecule has 1 N–H and O–H groups in total. The summed E-state index contributed by atoms with van der Waals surface area (Å²) in [6.45, 7) is 2.27. The van der Waals surface area contributed by atoms with Gasteiger partial charge in [0.15, 0.2) is 0 Å². The second-order valence-corrected chi connectivity index (χ2v) is 6.79. The summed E-state index contributed by atoms with van der Waals surface area (Å²) in [4.78, 5) is 10.4. The van der Waals surface area contributed by atoms with E-state index in [0.717, 1.165) is 12.8 Å². The van der Waals surface area contributed by atoms with E-state index in [-0.39, 0.29) is 0 Å². The highest BCUT2D eigenvalue weighted by Crippen LogP contribution is 2.12. The molecular formula is C21H40O2. The number of carboxylic acid groups (broad SMARTS) is 1. The van der Waals surface area contributed by atoms with Crippen molar-refractivity contribution in [2.75, 3.05) is 0 Å². The molecule has 0 bridgehead atoms. The highest BCUT2D eigenvalue weighted by Gasteiger charge is 1.96. The molecule has 0 heterocycles. The Bertz CT molecular complexity index is 271. The predicted octanol–water partition coefficient (Wildman–Crippen LogP) is 7.28. The smallest absolute Gasteiger partial charge is 0.303 e. The van der Waals surface area contributed by atoms with Gasteiger partial charge in [-0.25, -0.2) is 0 Å². The van der Waals surface area contributed by atoms with E-state index in [2.05, 4.69) is 19.1 Å². The number of carbonyl (C=O) groups is 1. The normalized spacial score (nSPS) is 11.3. The number of rotatable bonds is 18. The van der Waals surface area contributed by atoms with E-state index in [1.165, 1.54) is 89.9 Å². The lowest BCUT2D eigenvalue weighted by molar-refractivity contribution is -0.137. The average molecular weight is 325 g/mol. The minimum absolute atomic E-state index is 0.340. The minimum atomic E-state index is -0.657. The molecule has 0 unspecified atom stereocenters. The largest absolute Gasteiger partial charge is 0.481 e. The second-order valence-electron chi connectivity index (χ2n) is 6.79. The molecule has 2 heteroatoms. The number of hydrogen-bond acceptors (Lipinski definition) is 1. The third-order valence-electron chi connectivity index (χ3n) is 4.40. The molecule has 0 aromatic heterocycles. The van der Waals surface area contributed by atoms with Crippen molar-refractivity contribution >= 4 is 5.97 Å². The van der Waals surface area contributed by atoms with E-state index in [0.29, 0.717) is 6.42 Å². The van der Waals surface area contributed by atoms with Crippen molar-refractivity contribution < 1.29 is 9.90 Å². The lowest BCUT2D eigenvalue weighted by Gasteiger charge is -2.01. The molecule has 0 aromatic carbocycles. The number of aliphatic carboxylic acids is 1. The molecule has 0 aliphatic heterocycles. The zero-order valence-corrected chi connectivity index (χ0v) is 15.5. The molecule has 23 heavy (non-hydrogen) atoms. The molecule has 0 saturated heterocycles. The Hall–Kier alpha value is -0.790. The molecule has 0 aliphatic rings. The molecular weight excluding hydrogens is 284 g/mol. The first-order valence-electron chi connectivity index (χ1n) is 10.1. The lowest BCUT2D eigenvalue weighted by atomic mass is 10.1. The van der Waals surface area contributed by atoms with E-state index in [1.807, 2.05) is 0 Å². The molecule has 2 nitrogen and oxygen atoms in total. The molecule has 0 amide bonds. The highest BCUT2D eigenvalue weighted by atomic mass is 16.4. The van der Waals surface area contributed by atoms with Crippen molar-refractivity contribution in [1.82, 2.24) is 0 Å². The molecule has 0 fully saturated rings. The SMILES string of the molecule is CCCCCCC/C=C\CCCCCCCCCCCC(=O)O. The van der Waals surface area contributed by atoms with E-state index in [1.54, 1.807) is 0 Å². The summed E-state index contributed by atoms with van der Waals surface area (Å²) in [7, 11) is 0. The van der Waals surface area contributed by atoms with Gasteiger partial charge in [-0.1, -0.05) is 89.7 Å². The third-order valence-corrected chi connectivity index (χ3v) is 4.40. The van der Waals surface area contributed by atoms with Gasteiger partial charge in [-0.2, -0.15) is 0 Å². The molecule has 0 aromatic rings. The Labute approximate surface area is 144 Å². The summed E-state index contributed by atoms with van der Waals surface area (Å²) in [6.07, 6.45) is 25.6. The number of allylic oxidation sites excluding steroid dienone is 2. The van der Waals surface area contributed by atoms with Crippen LogP contribution in [0.2, 0.25) is 0 Å². The molecule has 0 saturated carbocycles. The first kappa shape index (κ1) is 22.2. The first-order valence-corrected chi connectivity index (χ1v) is 10.1.